The van der Waals surface area contributed by atoms with Gasteiger partial charge in [-0.15, -0.1) is 12.4 Å². The van der Waals surface area contributed by atoms with E-state index in [1.165, 1.54) is 0 Å². The zero-order chi connectivity index (χ0) is 10.8. The van der Waals surface area contributed by atoms with E-state index in [2.05, 4.69) is 4.90 Å². The van der Waals surface area contributed by atoms with Crippen molar-refractivity contribution in [3.05, 3.63) is 33.8 Å². The SMILES string of the molecule is Cl.NC1CCN(Cc2cccc(Cl)c2Cl)C1. The average molecular weight is 282 g/mol. The number of nitrogens with two attached hydrogens (primary N) is 1. The van der Waals surface area contributed by atoms with Crippen molar-refractivity contribution in [1.29, 1.82) is 0 Å². The molecule has 1 aromatic carbocycles. The first-order valence-electron chi connectivity index (χ1n) is 5.07. The Morgan fingerprint density at radius 2 is 2.12 bits per heavy atom. The van der Waals surface area contributed by atoms with Crippen molar-refractivity contribution in [2.24, 2.45) is 5.73 Å². The minimum absolute atomic E-state index is 0. The highest BCUT2D eigenvalue weighted by Crippen LogP contribution is 2.27. The number of benzene rings is 1. The standard InChI is InChI=1S/C11H14Cl2N2.ClH/c12-10-3-1-2-8(11(10)13)6-15-5-4-9(14)7-15;/h1-3,9H,4-7,14H2;1H. The van der Waals surface area contributed by atoms with Crippen LogP contribution in [0.5, 0.6) is 0 Å². The fourth-order valence-corrected chi connectivity index (χ4v) is 2.30. The van der Waals surface area contributed by atoms with Gasteiger partial charge in [-0.05, 0) is 18.1 Å². The lowest BCUT2D eigenvalue weighted by atomic mass is 10.2. The molecule has 1 fully saturated rings. The Hall–Kier alpha value is 0.01000. The topological polar surface area (TPSA) is 29.3 Å². The van der Waals surface area contributed by atoms with Crippen LogP contribution in [0.3, 0.4) is 0 Å². The molecule has 2 N–H and O–H groups in total. The van der Waals surface area contributed by atoms with Crippen LogP contribution in [0.2, 0.25) is 10.0 Å². The minimum atomic E-state index is 0. The van der Waals surface area contributed by atoms with Gasteiger partial charge in [0.05, 0.1) is 10.0 Å². The summed E-state index contributed by atoms with van der Waals surface area (Å²) in [6.07, 6.45) is 1.07. The van der Waals surface area contributed by atoms with E-state index < -0.39 is 0 Å². The van der Waals surface area contributed by atoms with Crippen LogP contribution in [0.25, 0.3) is 0 Å². The Morgan fingerprint density at radius 1 is 1.38 bits per heavy atom. The monoisotopic (exact) mass is 280 g/mol. The van der Waals surface area contributed by atoms with Gasteiger partial charge in [0.15, 0.2) is 0 Å². The summed E-state index contributed by atoms with van der Waals surface area (Å²) in [7, 11) is 0. The van der Waals surface area contributed by atoms with E-state index in [4.69, 9.17) is 28.9 Å². The van der Waals surface area contributed by atoms with Gasteiger partial charge in [-0.1, -0.05) is 35.3 Å². The molecule has 1 aliphatic heterocycles. The zero-order valence-corrected chi connectivity index (χ0v) is 11.2. The van der Waals surface area contributed by atoms with Crippen LogP contribution in [-0.2, 0) is 6.54 Å². The van der Waals surface area contributed by atoms with Gasteiger partial charge in [0, 0.05) is 25.7 Å². The van der Waals surface area contributed by atoms with Crippen LogP contribution in [0, 0.1) is 0 Å². The molecule has 1 unspecified atom stereocenters. The van der Waals surface area contributed by atoms with E-state index in [1.54, 1.807) is 0 Å². The summed E-state index contributed by atoms with van der Waals surface area (Å²) < 4.78 is 0. The maximum absolute atomic E-state index is 6.12. The van der Waals surface area contributed by atoms with Crippen molar-refractivity contribution in [1.82, 2.24) is 4.90 Å². The highest BCUT2D eigenvalue weighted by Gasteiger charge is 2.19. The van der Waals surface area contributed by atoms with Gasteiger partial charge in [-0.2, -0.15) is 0 Å². The van der Waals surface area contributed by atoms with Gasteiger partial charge in [0.25, 0.3) is 0 Å². The molecular weight excluding hydrogens is 266 g/mol. The lowest BCUT2D eigenvalue weighted by Crippen LogP contribution is -2.26. The number of hydrogen-bond acceptors (Lipinski definition) is 2. The second-order valence-electron chi connectivity index (χ2n) is 4.00. The van der Waals surface area contributed by atoms with Crippen molar-refractivity contribution < 1.29 is 0 Å². The molecule has 0 amide bonds. The largest absolute Gasteiger partial charge is 0.326 e. The van der Waals surface area contributed by atoms with Gasteiger partial charge >= 0.3 is 0 Å². The van der Waals surface area contributed by atoms with Crippen LogP contribution in [0.1, 0.15) is 12.0 Å². The molecule has 2 rings (SSSR count). The predicted octanol–water partition coefficient (Wildman–Crippen LogP) is 2.95. The third-order valence-corrected chi connectivity index (χ3v) is 3.59. The molecule has 0 bridgehead atoms. The van der Waals surface area contributed by atoms with E-state index in [0.29, 0.717) is 16.1 Å². The van der Waals surface area contributed by atoms with Crippen LogP contribution >= 0.6 is 35.6 Å². The third-order valence-electron chi connectivity index (χ3n) is 2.73. The Labute approximate surface area is 112 Å². The molecule has 1 heterocycles. The molecule has 0 radical (unpaired) electrons. The molecule has 5 heteroatoms. The molecule has 1 aromatic rings. The van der Waals surface area contributed by atoms with E-state index >= 15 is 0 Å². The zero-order valence-electron chi connectivity index (χ0n) is 8.83. The lowest BCUT2D eigenvalue weighted by molar-refractivity contribution is 0.327. The first-order valence-corrected chi connectivity index (χ1v) is 5.83. The minimum Gasteiger partial charge on any atom is -0.326 e. The fourth-order valence-electron chi connectivity index (χ4n) is 1.92. The number of likely N-dealkylation sites (tertiary alicyclic amines) is 1. The fraction of sp³-hybridized carbons (Fsp3) is 0.455. The summed E-state index contributed by atoms with van der Waals surface area (Å²) in [5.41, 5.74) is 6.93. The predicted molar refractivity (Wildman–Crippen MR) is 71.6 cm³/mol. The van der Waals surface area contributed by atoms with Gasteiger partial charge in [-0.25, -0.2) is 0 Å². The third kappa shape index (κ3) is 3.25. The summed E-state index contributed by atoms with van der Waals surface area (Å²) in [6, 6.07) is 6.06. The first-order chi connectivity index (χ1) is 7.16. The van der Waals surface area contributed by atoms with E-state index in [1.807, 2.05) is 18.2 Å². The smallest absolute Gasteiger partial charge is 0.0637 e. The number of rotatable bonds is 2. The van der Waals surface area contributed by atoms with E-state index in [0.717, 1.165) is 31.6 Å². The lowest BCUT2D eigenvalue weighted by Gasteiger charge is -2.16. The average Bonchev–Trinajstić information content (AvgIpc) is 2.59. The summed E-state index contributed by atoms with van der Waals surface area (Å²) in [5, 5.41) is 1.29. The highest BCUT2D eigenvalue weighted by molar-refractivity contribution is 6.42. The van der Waals surface area contributed by atoms with Crippen LogP contribution in [0.4, 0.5) is 0 Å². The molecule has 1 saturated heterocycles. The maximum atomic E-state index is 6.12. The van der Waals surface area contributed by atoms with E-state index in [9.17, 15) is 0 Å². The number of nitrogens with zero attached hydrogens (tertiary/aromatic N) is 1. The van der Waals surface area contributed by atoms with Crippen molar-refractivity contribution in [3.63, 3.8) is 0 Å². The van der Waals surface area contributed by atoms with Crippen molar-refractivity contribution in [3.8, 4) is 0 Å². The van der Waals surface area contributed by atoms with Crippen molar-refractivity contribution in [2.45, 2.75) is 19.0 Å². The Kier molecular flexibility index (Phi) is 5.35. The van der Waals surface area contributed by atoms with Gasteiger partial charge in [0.1, 0.15) is 0 Å². The maximum Gasteiger partial charge on any atom is 0.0637 e. The van der Waals surface area contributed by atoms with Gasteiger partial charge in [0.2, 0.25) is 0 Å². The summed E-state index contributed by atoms with van der Waals surface area (Å²) in [5.74, 6) is 0. The van der Waals surface area contributed by atoms with Gasteiger partial charge in [-0.3, -0.25) is 4.90 Å². The van der Waals surface area contributed by atoms with Crippen LogP contribution in [-0.4, -0.2) is 24.0 Å². The van der Waals surface area contributed by atoms with Crippen molar-refractivity contribution in [2.75, 3.05) is 13.1 Å². The Balaban J connectivity index is 0.00000128. The molecule has 0 aromatic heterocycles. The quantitative estimate of drug-likeness (QED) is 0.903. The highest BCUT2D eigenvalue weighted by atomic mass is 35.5. The molecule has 0 saturated carbocycles. The molecule has 0 aliphatic carbocycles. The second kappa shape index (κ2) is 6.08. The molecule has 1 atom stereocenters. The molecule has 0 spiro atoms. The molecule has 1 aliphatic rings. The molecule has 90 valence electrons. The van der Waals surface area contributed by atoms with Gasteiger partial charge < -0.3 is 5.73 Å². The summed E-state index contributed by atoms with van der Waals surface area (Å²) in [6.45, 7) is 2.83. The second-order valence-corrected chi connectivity index (χ2v) is 4.78. The molecule has 16 heavy (non-hydrogen) atoms. The molecular formula is C11H15Cl3N2. The Morgan fingerprint density at radius 3 is 2.75 bits per heavy atom. The summed E-state index contributed by atoms with van der Waals surface area (Å²) in [4.78, 5) is 2.31. The molecule has 2 nitrogen and oxygen atoms in total. The number of hydrogen-bond donors (Lipinski definition) is 1. The van der Waals surface area contributed by atoms with E-state index in [-0.39, 0.29) is 12.4 Å². The Bertz CT molecular complexity index is 357. The first kappa shape index (κ1) is 14.1. The summed E-state index contributed by atoms with van der Waals surface area (Å²) >= 11 is 12.1. The number of halogens is 3. The van der Waals surface area contributed by atoms with Crippen LogP contribution < -0.4 is 5.73 Å². The van der Waals surface area contributed by atoms with Crippen molar-refractivity contribution >= 4 is 35.6 Å². The van der Waals surface area contributed by atoms with Crippen LogP contribution in [0.15, 0.2) is 18.2 Å². The normalized spacial score (nSPS) is 20.8.